The minimum Gasteiger partial charge on any atom is -0.491 e. The fraction of sp³-hybridized carbons (Fsp3) is 0.450. The monoisotopic (exact) mass is 351 g/mol. The fourth-order valence-corrected chi connectivity index (χ4v) is 3.75. The number of anilines is 1. The Kier molecular flexibility index (Phi) is 4.36. The highest BCUT2D eigenvalue weighted by molar-refractivity contribution is 6.14. The van der Waals surface area contributed by atoms with E-state index in [2.05, 4.69) is 33.9 Å². The second-order valence-electron chi connectivity index (χ2n) is 7.41. The molecule has 3 heterocycles. The van der Waals surface area contributed by atoms with Crippen LogP contribution in [0.3, 0.4) is 0 Å². The predicted molar refractivity (Wildman–Crippen MR) is 103 cm³/mol. The molecule has 6 nitrogen and oxygen atoms in total. The summed E-state index contributed by atoms with van der Waals surface area (Å²) in [7, 11) is 0. The van der Waals surface area contributed by atoms with Crippen LogP contribution in [0, 0.1) is 0 Å². The lowest BCUT2D eigenvalue weighted by molar-refractivity contribution is 0.242. The van der Waals surface area contributed by atoms with Gasteiger partial charge in [-0.2, -0.15) is 0 Å². The molecule has 1 aromatic carbocycles. The van der Waals surface area contributed by atoms with Crippen LogP contribution in [0.2, 0.25) is 0 Å². The van der Waals surface area contributed by atoms with E-state index in [9.17, 15) is 0 Å². The molecule has 26 heavy (non-hydrogen) atoms. The van der Waals surface area contributed by atoms with E-state index in [4.69, 9.17) is 15.5 Å². The van der Waals surface area contributed by atoms with Crippen LogP contribution in [0.1, 0.15) is 44.0 Å². The zero-order chi connectivity index (χ0) is 18.3. The summed E-state index contributed by atoms with van der Waals surface area (Å²) >= 11 is 0. The number of hydrogen-bond acceptors (Lipinski definition) is 6. The molecule has 2 N–H and O–H groups in total. The molecule has 1 saturated heterocycles. The maximum absolute atomic E-state index is 6.11. The van der Waals surface area contributed by atoms with Crippen LogP contribution >= 0.6 is 0 Å². The van der Waals surface area contributed by atoms with Crippen LogP contribution in [0.4, 0.5) is 5.82 Å². The number of aliphatic imine (C=N–C) groups is 1. The maximum Gasteiger partial charge on any atom is 0.132 e. The van der Waals surface area contributed by atoms with E-state index in [0.717, 1.165) is 41.5 Å². The van der Waals surface area contributed by atoms with E-state index in [1.54, 1.807) is 6.33 Å². The second-order valence-corrected chi connectivity index (χ2v) is 7.41. The Labute approximate surface area is 154 Å². The first-order valence-electron chi connectivity index (χ1n) is 9.20. The number of fused-ring (bicyclic) bond motifs is 1. The van der Waals surface area contributed by atoms with E-state index in [-0.39, 0.29) is 12.1 Å². The van der Waals surface area contributed by atoms with Gasteiger partial charge >= 0.3 is 0 Å². The lowest BCUT2D eigenvalue weighted by atomic mass is 10.0. The molecule has 2 aliphatic rings. The van der Waals surface area contributed by atoms with Crippen LogP contribution in [0.5, 0.6) is 5.75 Å². The van der Waals surface area contributed by atoms with Gasteiger partial charge in [-0.15, -0.1) is 0 Å². The first kappa shape index (κ1) is 17.0. The lowest BCUT2D eigenvalue weighted by Crippen LogP contribution is -2.30. The summed E-state index contributed by atoms with van der Waals surface area (Å²) in [4.78, 5) is 15.9. The number of rotatable bonds is 4. The van der Waals surface area contributed by atoms with Gasteiger partial charge in [-0.25, -0.2) is 9.97 Å². The van der Waals surface area contributed by atoms with E-state index in [1.165, 1.54) is 5.56 Å². The van der Waals surface area contributed by atoms with Crippen LogP contribution < -0.4 is 15.4 Å². The van der Waals surface area contributed by atoms with Crippen molar-refractivity contribution < 1.29 is 4.74 Å². The van der Waals surface area contributed by atoms with Gasteiger partial charge in [0.25, 0.3) is 0 Å². The zero-order valence-electron chi connectivity index (χ0n) is 15.5. The van der Waals surface area contributed by atoms with Gasteiger partial charge in [0.05, 0.1) is 24.1 Å². The van der Waals surface area contributed by atoms with E-state index < -0.39 is 0 Å². The van der Waals surface area contributed by atoms with Gasteiger partial charge in [-0.1, -0.05) is 6.07 Å². The van der Waals surface area contributed by atoms with Crippen molar-refractivity contribution >= 4 is 11.5 Å². The third-order valence-corrected chi connectivity index (χ3v) is 4.91. The smallest absolute Gasteiger partial charge is 0.132 e. The molecular weight excluding hydrogens is 326 g/mol. The summed E-state index contributed by atoms with van der Waals surface area (Å²) in [5.74, 6) is 1.78. The van der Waals surface area contributed by atoms with Crippen molar-refractivity contribution in [3.05, 3.63) is 47.4 Å². The highest BCUT2D eigenvalue weighted by atomic mass is 16.5. The van der Waals surface area contributed by atoms with Gasteiger partial charge in [0.1, 0.15) is 17.9 Å². The quantitative estimate of drug-likeness (QED) is 0.916. The third-order valence-electron chi connectivity index (χ3n) is 4.91. The van der Waals surface area contributed by atoms with Gasteiger partial charge in [-0.3, -0.25) is 4.99 Å². The summed E-state index contributed by atoms with van der Waals surface area (Å²) in [6, 6.07) is 8.78. The predicted octanol–water partition coefficient (Wildman–Crippen LogP) is 2.54. The van der Waals surface area contributed by atoms with Crippen molar-refractivity contribution in [1.82, 2.24) is 9.97 Å². The van der Waals surface area contributed by atoms with Gasteiger partial charge < -0.3 is 15.4 Å². The number of nitrogens with two attached hydrogens (primary N) is 1. The topological polar surface area (TPSA) is 76.6 Å². The molecule has 2 aromatic rings. The number of ether oxygens (including phenoxy) is 1. The van der Waals surface area contributed by atoms with Crippen LogP contribution in [-0.4, -0.2) is 40.4 Å². The van der Waals surface area contributed by atoms with E-state index in [1.807, 2.05) is 26.0 Å². The van der Waals surface area contributed by atoms with Gasteiger partial charge in [0.2, 0.25) is 0 Å². The Hall–Kier alpha value is -2.47. The molecule has 0 aliphatic carbocycles. The first-order chi connectivity index (χ1) is 12.5. The molecule has 136 valence electrons. The van der Waals surface area contributed by atoms with E-state index >= 15 is 0 Å². The second kappa shape index (κ2) is 6.68. The minimum absolute atomic E-state index is 0.140. The van der Waals surface area contributed by atoms with Crippen molar-refractivity contribution in [3.63, 3.8) is 0 Å². The Morgan fingerprint density at radius 3 is 2.81 bits per heavy atom. The summed E-state index contributed by atoms with van der Waals surface area (Å²) in [6.07, 6.45) is 2.75. The molecule has 0 spiro atoms. The Bertz CT molecular complexity index is 848. The molecule has 4 rings (SSSR count). The highest BCUT2D eigenvalue weighted by Crippen LogP contribution is 2.29. The van der Waals surface area contributed by atoms with Crippen molar-refractivity contribution in [2.24, 2.45) is 10.7 Å². The molecule has 0 radical (unpaired) electrons. The van der Waals surface area contributed by atoms with Gasteiger partial charge in [0, 0.05) is 30.3 Å². The first-order valence-corrected chi connectivity index (χ1v) is 9.20. The molecule has 2 aliphatic heterocycles. The molecule has 0 unspecified atom stereocenters. The summed E-state index contributed by atoms with van der Waals surface area (Å²) in [6.45, 7) is 7.75. The Morgan fingerprint density at radius 1 is 1.23 bits per heavy atom. The molecule has 0 saturated carbocycles. The number of aromatic nitrogens is 2. The number of hydrogen-bond donors (Lipinski definition) is 1. The van der Waals surface area contributed by atoms with Crippen molar-refractivity contribution in [1.29, 1.82) is 0 Å². The highest BCUT2D eigenvalue weighted by Gasteiger charge is 2.28. The molecule has 0 amide bonds. The minimum atomic E-state index is 0.140. The van der Waals surface area contributed by atoms with Crippen LogP contribution in [0.25, 0.3) is 0 Å². The van der Waals surface area contributed by atoms with Crippen molar-refractivity contribution in [3.8, 4) is 5.75 Å². The summed E-state index contributed by atoms with van der Waals surface area (Å²) < 4.78 is 5.84. The summed E-state index contributed by atoms with van der Waals surface area (Å²) in [5, 5.41) is 0. The summed E-state index contributed by atoms with van der Waals surface area (Å²) in [5.41, 5.74) is 10.2. The molecule has 0 bridgehead atoms. The molecule has 1 aromatic heterocycles. The molecule has 2 atom stereocenters. The number of nitrogens with zero attached hydrogens (tertiary/aromatic N) is 4. The SMILES string of the molecule is CC(C)Oc1ccc2c(c1)C(c1cc(N3C[C@H](N)C[C@@H]3C)ncn1)=NC2. The lowest BCUT2D eigenvalue weighted by Gasteiger charge is -2.22. The average Bonchev–Trinajstić information content (AvgIpc) is 3.17. The average molecular weight is 351 g/mol. The van der Waals surface area contributed by atoms with Crippen LogP contribution in [0.15, 0.2) is 35.6 Å². The third kappa shape index (κ3) is 3.17. The van der Waals surface area contributed by atoms with E-state index in [0.29, 0.717) is 12.6 Å². The normalized spacial score (nSPS) is 21.9. The Balaban J connectivity index is 1.65. The molecule has 6 heteroatoms. The fourth-order valence-electron chi connectivity index (χ4n) is 3.75. The maximum atomic E-state index is 6.11. The van der Waals surface area contributed by atoms with Gasteiger partial charge in [-0.05, 0) is 44.9 Å². The molecule has 1 fully saturated rings. The standard InChI is InChI=1S/C20H25N5O/c1-12(2)26-16-5-4-14-9-22-20(17(14)7-16)18-8-19(24-11-23-18)25-10-15(21)6-13(25)3/h4-5,7-8,11-13,15H,6,9-10,21H2,1-3H3/t13-,15+/m0/s1. The largest absolute Gasteiger partial charge is 0.491 e. The number of benzene rings is 1. The van der Waals surface area contributed by atoms with Crippen molar-refractivity contribution in [2.45, 2.75) is 51.9 Å². The zero-order valence-corrected chi connectivity index (χ0v) is 15.5. The van der Waals surface area contributed by atoms with Crippen molar-refractivity contribution in [2.75, 3.05) is 11.4 Å². The molecular formula is C20H25N5O. The van der Waals surface area contributed by atoms with Crippen LogP contribution in [-0.2, 0) is 6.54 Å². The Morgan fingerprint density at radius 2 is 2.08 bits per heavy atom. The van der Waals surface area contributed by atoms with Gasteiger partial charge in [0.15, 0.2) is 0 Å².